The van der Waals surface area contributed by atoms with E-state index in [1.165, 1.54) is 0 Å². The van der Waals surface area contributed by atoms with Gasteiger partial charge in [-0.1, -0.05) is 12.1 Å². The fourth-order valence-electron chi connectivity index (χ4n) is 5.47. The van der Waals surface area contributed by atoms with Crippen molar-refractivity contribution >= 4 is 16.9 Å². The molecule has 1 saturated heterocycles. The number of piperazine rings is 1. The Balaban J connectivity index is 1.16. The highest BCUT2D eigenvalue weighted by atomic mass is 16.5. The number of nitrogens with one attached hydrogen (secondary N) is 2. The first-order valence-electron chi connectivity index (χ1n) is 13.9. The van der Waals surface area contributed by atoms with E-state index >= 15 is 0 Å². The smallest absolute Gasteiger partial charge is 0.339 e. The number of carbonyl (C=O) groups is 1. The molecule has 5 heterocycles. The molecule has 1 aromatic carbocycles. The number of hydrogen-bond acceptors (Lipinski definition) is 8. The zero-order chi connectivity index (χ0) is 28.3. The summed E-state index contributed by atoms with van der Waals surface area (Å²) in [5, 5.41) is 4.48. The van der Waals surface area contributed by atoms with Crippen LogP contribution >= 0.6 is 0 Å². The van der Waals surface area contributed by atoms with Gasteiger partial charge in [0.05, 0.1) is 40.2 Å². The van der Waals surface area contributed by atoms with E-state index in [0.717, 1.165) is 70.1 Å². The number of pyridine rings is 3. The minimum absolute atomic E-state index is 0.356. The van der Waals surface area contributed by atoms with Crippen molar-refractivity contribution in [3.8, 4) is 33.9 Å². The third kappa shape index (κ3) is 6.01. The maximum atomic E-state index is 12.6. The van der Waals surface area contributed by atoms with Crippen LogP contribution in [0.1, 0.15) is 29.9 Å². The molecule has 0 aliphatic carbocycles. The molecule has 41 heavy (non-hydrogen) atoms. The Morgan fingerprint density at radius 2 is 1.78 bits per heavy atom. The van der Waals surface area contributed by atoms with Crippen LogP contribution in [0.4, 0.5) is 0 Å². The highest BCUT2D eigenvalue weighted by Gasteiger charge is 2.21. The number of carbonyl (C=O) groups excluding carboxylic acids is 1. The van der Waals surface area contributed by atoms with Gasteiger partial charge < -0.3 is 15.0 Å². The van der Waals surface area contributed by atoms with Crippen molar-refractivity contribution < 1.29 is 9.53 Å². The lowest BCUT2D eigenvalue weighted by Crippen LogP contribution is -2.54. The summed E-state index contributed by atoms with van der Waals surface area (Å²) in [7, 11) is 0. The van der Waals surface area contributed by atoms with Crippen molar-refractivity contribution in [2.45, 2.75) is 32.9 Å². The van der Waals surface area contributed by atoms with E-state index in [2.05, 4.69) is 61.1 Å². The Morgan fingerprint density at radius 1 is 0.951 bits per heavy atom. The molecule has 5 aromatic rings. The normalized spacial score (nSPS) is 17.5. The summed E-state index contributed by atoms with van der Waals surface area (Å²) < 4.78 is 5.53. The monoisotopic (exact) mass is 547 g/mol. The molecule has 4 aromatic heterocycles. The number of imidazole rings is 1. The van der Waals surface area contributed by atoms with Gasteiger partial charge in [0.15, 0.2) is 0 Å². The Labute approximate surface area is 239 Å². The first-order chi connectivity index (χ1) is 19.9. The van der Waals surface area contributed by atoms with E-state index in [9.17, 15) is 4.79 Å². The lowest BCUT2D eigenvalue weighted by molar-refractivity contribution is 0.0436. The summed E-state index contributed by atoms with van der Waals surface area (Å²) in [5.41, 5.74) is 7.36. The zero-order valence-corrected chi connectivity index (χ0v) is 23.5. The third-order valence-corrected chi connectivity index (χ3v) is 7.31. The van der Waals surface area contributed by atoms with Crippen LogP contribution in [0.25, 0.3) is 44.8 Å². The lowest BCUT2D eigenvalue weighted by Gasteiger charge is -2.35. The molecule has 2 N–H and O–H groups in total. The molecule has 1 aliphatic rings. The first kappa shape index (κ1) is 26.7. The minimum atomic E-state index is -0.362. The highest BCUT2D eigenvalue weighted by molar-refractivity contribution is 5.91. The summed E-state index contributed by atoms with van der Waals surface area (Å²) >= 11 is 0. The summed E-state index contributed by atoms with van der Waals surface area (Å²) in [5.74, 6) is -0.362. The molecule has 0 unspecified atom stereocenters. The van der Waals surface area contributed by atoms with Crippen LogP contribution in [0.3, 0.4) is 0 Å². The predicted octanol–water partition coefficient (Wildman–Crippen LogP) is 4.90. The molecule has 9 heteroatoms. The number of aromatic nitrogens is 5. The van der Waals surface area contributed by atoms with Gasteiger partial charge in [0.25, 0.3) is 0 Å². The molecule has 1 fully saturated rings. The van der Waals surface area contributed by atoms with Gasteiger partial charge in [-0.25, -0.2) is 9.78 Å². The van der Waals surface area contributed by atoms with Crippen molar-refractivity contribution in [1.82, 2.24) is 35.1 Å². The van der Waals surface area contributed by atoms with Crippen molar-refractivity contribution in [2.24, 2.45) is 0 Å². The van der Waals surface area contributed by atoms with Gasteiger partial charge in [0.2, 0.25) is 0 Å². The highest BCUT2D eigenvalue weighted by Crippen LogP contribution is 2.31. The molecular weight excluding hydrogens is 514 g/mol. The van der Waals surface area contributed by atoms with E-state index in [4.69, 9.17) is 4.74 Å². The van der Waals surface area contributed by atoms with Gasteiger partial charge in [0.1, 0.15) is 6.61 Å². The predicted molar refractivity (Wildman–Crippen MR) is 159 cm³/mol. The molecule has 2 atom stereocenters. The number of benzene rings is 1. The standard InChI is InChI=1S/C32H33N7O2/c1-20-5-4-6-29(38-20)31-30(35-19-36-31)23-7-9-27-25(13-23)14-26(16-34-27)28-10-8-24(15-33-28)32(40)41-12-11-39-17-21(2)37-22(3)18-39/h4-10,13-16,19,21-22,37H,11-12,17-18H2,1-3H3,(H,35,36)/t21-,22+. The Kier molecular flexibility index (Phi) is 7.54. The van der Waals surface area contributed by atoms with Crippen LogP contribution < -0.4 is 5.32 Å². The quantitative estimate of drug-likeness (QED) is 0.277. The van der Waals surface area contributed by atoms with Gasteiger partial charge in [-0.2, -0.15) is 0 Å². The number of fused-ring (bicyclic) bond motifs is 1. The van der Waals surface area contributed by atoms with E-state index in [0.29, 0.717) is 24.3 Å². The summed E-state index contributed by atoms with van der Waals surface area (Å²) in [6.45, 7) is 9.30. The summed E-state index contributed by atoms with van der Waals surface area (Å²) in [6.07, 6.45) is 5.06. The molecule has 208 valence electrons. The zero-order valence-electron chi connectivity index (χ0n) is 23.5. The van der Waals surface area contributed by atoms with Crippen molar-refractivity contribution in [1.29, 1.82) is 0 Å². The van der Waals surface area contributed by atoms with E-state index in [1.54, 1.807) is 24.8 Å². The molecule has 0 radical (unpaired) electrons. The second-order valence-corrected chi connectivity index (χ2v) is 10.7. The van der Waals surface area contributed by atoms with Gasteiger partial charge >= 0.3 is 5.97 Å². The number of nitrogens with zero attached hydrogens (tertiary/aromatic N) is 5. The number of ether oxygens (including phenoxy) is 1. The van der Waals surface area contributed by atoms with Crippen LogP contribution in [-0.4, -0.2) is 74.1 Å². The molecule has 0 bridgehead atoms. The number of H-pyrrole nitrogens is 1. The van der Waals surface area contributed by atoms with Gasteiger partial charge in [0, 0.05) is 66.3 Å². The SMILES string of the molecule is Cc1cccc(-c2[nH]cnc2-c2ccc3ncc(-c4ccc(C(=O)OCCN5C[C@@H](C)N[C@@H](C)C5)cn4)cc3c2)n1. The van der Waals surface area contributed by atoms with E-state index in [1.807, 2.05) is 43.3 Å². The van der Waals surface area contributed by atoms with Crippen molar-refractivity contribution in [3.63, 3.8) is 0 Å². The molecule has 0 saturated carbocycles. The number of rotatable bonds is 7. The van der Waals surface area contributed by atoms with Crippen LogP contribution in [0.15, 0.2) is 73.3 Å². The van der Waals surface area contributed by atoms with Crippen LogP contribution in [-0.2, 0) is 4.74 Å². The fraction of sp³-hybridized carbons (Fsp3) is 0.281. The van der Waals surface area contributed by atoms with E-state index < -0.39 is 0 Å². The second-order valence-electron chi connectivity index (χ2n) is 10.7. The average molecular weight is 548 g/mol. The Morgan fingerprint density at radius 3 is 2.56 bits per heavy atom. The minimum Gasteiger partial charge on any atom is -0.461 e. The Bertz CT molecular complexity index is 1670. The summed E-state index contributed by atoms with van der Waals surface area (Å²) in [6, 6.07) is 18.5. The van der Waals surface area contributed by atoms with Crippen molar-refractivity contribution in [2.75, 3.05) is 26.2 Å². The number of esters is 1. The largest absolute Gasteiger partial charge is 0.461 e. The molecule has 0 amide bonds. The van der Waals surface area contributed by atoms with Crippen molar-refractivity contribution in [3.05, 3.63) is 84.6 Å². The second kappa shape index (κ2) is 11.6. The fourth-order valence-corrected chi connectivity index (χ4v) is 5.47. The number of hydrogen-bond donors (Lipinski definition) is 2. The molecule has 6 rings (SSSR count). The molecule has 0 spiro atoms. The van der Waals surface area contributed by atoms with Gasteiger partial charge in [-0.3, -0.25) is 19.9 Å². The topological polar surface area (TPSA) is 109 Å². The molecule has 1 aliphatic heterocycles. The third-order valence-electron chi connectivity index (χ3n) is 7.31. The molecular formula is C32H33N7O2. The number of aryl methyl sites for hydroxylation is 1. The maximum absolute atomic E-state index is 12.6. The number of aromatic amines is 1. The molecule has 9 nitrogen and oxygen atoms in total. The van der Waals surface area contributed by atoms with Crippen LogP contribution in [0.2, 0.25) is 0 Å². The van der Waals surface area contributed by atoms with Gasteiger partial charge in [-0.15, -0.1) is 0 Å². The Hall–Kier alpha value is -4.47. The van der Waals surface area contributed by atoms with Crippen LogP contribution in [0, 0.1) is 6.92 Å². The lowest BCUT2D eigenvalue weighted by atomic mass is 10.0. The van der Waals surface area contributed by atoms with Crippen LogP contribution in [0.5, 0.6) is 0 Å². The average Bonchev–Trinajstić information content (AvgIpc) is 3.46. The summed E-state index contributed by atoms with van der Waals surface area (Å²) in [4.78, 5) is 36.6. The van der Waals surface area contributed by atoms with Gasteiger partial charge in [-0.05, 0) is 63.2 Å². The first-order valence-corrected chi connectivity index (χ1v) is 13.9. The maximum Gasteiger partial charge on any atom is 0.339 e. The van der Waals surface area contributed by atoms with E-state index in [-0.39, 0.29) is 5.97 Å².